The molecule has 0 saturated heterocycles. The van der Waals surface area contributed by atoms with E-state index in [0.717, 1.165) is 94.3 Å². The van der Waals surface area contributed by atoms with Gasteiger partial charge in [0.05, 0.1) is 50.0 Å². The second kappa shape index (κ2) is 20.2. The monoisotopic (exact) mass is 1070 g/mol. The summed E-state index contributed by atoms with van der Waals surface area (Å²) in [5.74, 6) is 3.77. The highest BCUT2D eigenvalue weighted by Gasteiger charge is 2.28. The molecule has 0 radical (unpaired) electrons. The van der Waals surface area contributed by atoms with Crippen LogP contribution in [0.25, 0.3) is 122 Å². The van der Waals surface area contributed by atoms with E-state index in [0.29, 0.717) is 11.5 Å². The summed E-state index contributed by atoms with van der Waals surface area (Å²) in [5, 5.41) is 3.88. The van der Waals surface area contributed by atoms with Crippen LogP contribution < -0.4 is 4.74 Å². The van der Waals surface area contributed by atoms with Crippen LogP contribution in [0.1, 0.15) is 101 Å². The smallest absolute Gasteiger partial charge is 0.149 e. The zero-order valence-electron chi connectivity index (χ0n) is 47.6. The Bertz CT molecular complexity index is 4730. The fourth-order valence-corrected chi connectivity index (χ4v) is 12.3. The van der Waals surface area contributed by atoms with Gasteiger partial charge in [-0.3, -0.25) is 9.13 Å². The molecule has 0 aliphatic rings. The molecule has 0 aliphatic carbocycles. The minimum atomic E-state index is 0.183. The van der Waals surface area contributed by atoms with Crippen molar-refractivity contribution in [3.63, 3.8) is 0 Å². The Kier molecular flexibility index (Phi) is 12.5. The van der Waals surface area contributed by atoms with Crippen LogP contribution in [-0.4, -0.2) is 24.1 Å². The number of fused-ring (bicyclic) bond motifs is 8. The first-order valence-electron chi connectivity index (χ1n) is 28.9. The molecule has 0 N–H and O–H groups in total. The standard InChI is InChI=1S/C75H63N5O2/c1-44(2)57-38-52(48-22-11-9-12-23-48)39-58(45(3)4)70(57)79-68-32-19-17-30-66(68)77-74(79)51-27-21-28-54(36-51)81-55-42-61-56-34-35-65-62(37-50-26-15-16-29-64(50)76-65)72(56)82-73(61)63(43-55)75-78-67-31-18-20-33-69(67)80(75)71-59(46(5)6)40-53(41-60(71)47(7)8)49-24-13-10-14-25-49/h9-47H,1-8H3. The van der Waals surface area contributed by atoms with Gasteiger partial charge in [0.1, 0.15) is 34.3 Å². The molecule has 7 heteroatoms. The maximum absolute atomic E-state index is 7.31. The van der Waals surface area contributed by atoms with E-state index in [1.807, 2.05) is 12.1 Å². The van der Waals surface area contributed by atoms with Crippen molar-refractivity contribution in [3.8, 4) is 67.9 Å². The highest BCUT2D eigenvalue weighted by Crippen LogP contribution is 2.47. The molecule has 0 unspecified atom stereocenters. The summed E-state index contributed by atoms with van der Waals surface area (Å²) in [7, 11) is 0. The molecule has 0 fully saturated rings. The molecule has 400 valence electrons. The van der Waals surface area contributed by atoms with Crippen LogP contribution in [0, 0.1) is 0 Å². The maximum atomic E-state index is 7.31. The number of para-hydroxylation sites is 5. The zero-order chi connectivity index (χ0) is 55.9. The van der Waals surface area contributed by atoms with Gasteiger partial charge in [-0.2, -0.15) is 0 Å². The van der Waals surface area contributed by atoms with Gasteiger partial charge in [0.15, 0.2) is 0 Å². The van der Waals surface area contributed by atoms with Crippen molar-refractivity contribution in [1.29, 1.82) is 0 Å². The average Bonchev–Trinajstić information content (AvgIpc) is 2.48. The number of pyridine rings is 1. The Hall–Kier alpha value is -9.59. The molecular formula is C75H63N5O2. The normalized spacial score (nSPS) is 12.1. The van der Waals surface area contributed by atoms with E-state index in [2.05, 4.69) is 265 Å². The zero-order valence-corrected chi connectivity index (χ0v) is 47.6. The summed E-state index contributed by atoms with van der Waals surface area (Å²) in [4.78, 5) is 16.2. The molecule has 0 saturated carbocycles. The Morgan fingerprint density at radius 3 is 1.41 bits per heavy atom. The summed E-state index contributed by atoms with van der Waals surface area (Å²) in [6.07, 6.45) is 0. The van der Waals surface area contributed by atoms with Gasteiger partial charge in [0.25, 0.3) is 0 Å². The van der Waals surface area contributed by atoms with Crippen molar-refractivity contribution in [3.05, 3.63) is 235 Å². The quantitative estimate of drug-likeness (QED) is 0.114. The fourth-order valence-electron chi connectivity index (χ4n) is 12.3. The third kappa shape index (κ3) is 8.62. The van der Waals surface area contributed by atoms with E-state index in [9.17, 15) is 0 Å². The van der Waals surface area contributed by atoms with Gasteiger partial charge >= 0.3 is 0 Å². The molecule has 0 spiro atoms. The second-order valence-electron chi connectivity index (χ2n) is 23.1. The molecule has 0 amide bonds. The minimum Gasteiger partial charge on any atom is -0.457 e. The van der Waals surface area contributed by atoms with Gasteiger partial charge in [-0.25, -0.2) is 15.0 Å². The van der Waals surface area contributed by atoms with Crippen molar-refractivity contribution in [2.45, 2.75) is 79.1 Å². The summed E-state index contributed by atoms with van der Waals surface area (Å²) in [5.41, 5.74) is 21.1. The van der Waals surface area contributed by atoms with Crippen LogP contribution in [0.3, 0.4) is 0 Å². The maximum Gasteiger partial charge on any atom is 0.149 e. The number of aromatic nitrogens is 5. The number of nitrogens with zero attached hydrogens (tertiary/aromatic N) is 5. The van der Waals surface area contributed by atoms with Gasteiger partial charge in [-0.1, -0.05) is 171 Å². The first-order chi connectivity index (χ1) is 39.9. The molecular weight excluding hydrogens is 1000 g/mol. The van der Waals surface area contributed by atoms with Crippen LogP contribution in [0.4, 0.5) is 0 Å². The lowest BCUT2D eigenvalue weighted by Gasteiger charge is -2.24. The van der Waals surface area contributed by atoms with Crippen molar-refractivity contribution < 1.29 is 9.15 Å². The van der Waals surface area contributed by atoms with Crippen molar-refractivity contribution >= 4 is 65.8 Å². The number of rotatable bonds is 12. The average molecular weight is 1070 g/mol. The third-order valence-electron chi connectivity index (χ3n) is 16.4. The van der Waals surface area contributed by atoms with E-state index >= 15 is 0 Å². The predicted molar refractivity (Wildman–Crippen MR) is 340 cm³/mol. The highest BCUT2D eigenvalue weighted by atomic mass is 16.5. The molecule has 14 aromatic rings. The van der Waals surface area contributed by atoms with Gasteiger partial charge in [-0.15, -0.1) is 0 Å². The number of hydrogen-bond acceptors (Lipinski definition) is 5. The molecule has 4 aromatic heterocycles. The highest BCUT2D eigenvalue weighted by molar-refractivity contribution is 6.18. The van der Waals surface area contributed by atoms with Crippen LogP contribution in [-0.2, 0) is 0 Å². The molecule has 14 rings (SSSR count). The van der Waals surface area contributed by atoms with Gasteiger partial charge in [0.2, 0.25) is 0 Å². The SMILES string of the molecule is CC(C)c1cc(-c2ccccc2)cc(C(C)C)c1-n1c(-c2cccc(Oc3cc(-c4nc5ccccc5n4-c4c(C(C)C)cc(-c5ccccc5)cc4C(C)C)c4oc5c6cc7ccccc7nc6ccc5c4c3)c2)nc2ccccc21. The first-order valence-corrected chi connectivity index (χ1v) is 28.9. The Morgan fingerprint density at radius 1 is 0.341 bits per heavy atom. The van der Waals surface area contributed by atoms with E-state index in [-0.39, 0.29) is 23.7 Å². The van der Waals surface area contributed by atoms with E-state index in [4.69, 9.17) is 24.1 Å². The summed E-state index contributed by atoms with van der Waals surface area (Å²) in [6, 6.07) is 75.4. The Morgan fingerprint density at radius 2 is 0.841 bits per heavy atom. The van der Waals surface area contributed by atoms with Crippen LogP contribution >= 0.6 is 0 Å². The Labute approximate surface area is 478 Å². The fraction of sp³-hybridized carbons (Fsp3) is 0.160. The summed E-state index contributed by atoms with van der Waals surface area (Å²) < 4.78 is 19.4. The Balaban J connectivity index is 0.990. The molecule has 7 nitrogen and oxygen atoms in total. The lowest BCUT2D eigenvalue weighted by molar-refractivity contribution is 0.483. The van der Waals surface area contributed by atoms with Crippen LogP contribution in [0.15, 0.2) is 217 Å². The number of benzene rings is 10. The molecule has 82 heavy (non-hydrogen) atoms. The largest absolute Gasteiger partial charge is 0.457 e. The number of hydrogen-bond donors (Lipinski definition) is 0. The van der Waals surface area contributed by atoms with E-state index in [1.165, 1.54) is 50.2 Å². The second-order valence-corrected chi connectivity index (χ2v) is 23.1. The van der Waals surface area contributed by atoms with Crippen LogP contribution in [0.2, 0.25) is 0 Å². The lowest BCUT2D eigenvalue weighted by atomic mass is 9.88. The third-order valence-corrected chi connectivity index (χ3v) is 16.4. The van der Waals surface area contributed by atoms with Crippen molar-refractivity contribution in [2.75, 3.05) is 0 Å². The van der Waals surface area contributed by atoms with E-state index < -0.39 is 0 Å². The van der Waals surface area contributed by atoms with E-state index in [1.54, 1.807) is 0 Å². The first kappa shape index (κ1) is 50.6. The number of furan rings is 1. The van der Waals surface area contributed by atoms with Gasteiger partial charge in [-0.05, 0) is 165 Å². The number of imidazole rings is 2. The molecule has 4 heterocycles. The van der Waals surface area contributed by atoms with Crippen molar-refractivity contribution in [1.82, 2.24) is 24.1 Å². The molecule has 0 atom stereocenters. The van der Waals surface area contributed by atoms with Gasteiger partial charge < -0.3 is 9.15 Å². The summed E-state index contributed by atoms with van der Waals surface area (Å²) in [6.45, 7) is 18.4. The van der Waals surface area contributed by atoms with Crippen LogP contribution in [0.5, 0.6) is 11.5 Å². The lowest BCUT2D eigenvalue weighted by Crippen LogP contribution is -2.09. The molecule has 0 aliphatic heterocycles. The predicted octanol–water partition coefficient (Wildman–Crippen LogP) is 20.9. The van der Waals surface area contributed by atoms with Gasteiger partial charge in [0, 0.05) is 27.1 Å². The molecule has 10 aromatic carbocycles. The number of ether oxygens (including phenoxy) is 1. The molecule has 0 bridgehead atoms. The summed E-state index contributed by atoms with van der Waals surface area (Å²) >= 11 is 0. The van der Waals surface area contributed by atoms with Crippen molar-refractivity contribution in [2.24, 2.45) is 0 Å². The topological polar surface area (TPSA) is 70.9 Å². The minimum absolute atomic E-state index is 0.183.